The number of hydrogen-bond acceptors (Lipinski definition) is 8. The van der Waals surface area contributed by atoms with Gasteiger partial charge in [0.2, 0.25) is 0 Å². The van der Waals surface area contributed by atoms with Crippen LogP contribution in [-0.2, 0) is 9.47 Å². The molecule has 0 bridgehead atoms. The van der Waals surface area contributed by atoms with Crippen molar-refractivity contribution >= 4 is 0 Å². The summed E-state index contributed by atoms with van der Waals surface area (Å²) in [5, 5.41) is 49.0. The van der Waals surface area contributed by atoms with Crippen LogP contribution in [0.5, 0.6) is 0 Å². The van der Waals surface area contributed by atoms with E-state index in [2.05, 4.69) is 13.8 Å². The summed E-state index contributed by atoms with van der Waals surface area (Å²) in [4.78, 5) is 0. The smallest absolute Gasteiger partial charge is 0.186 e. The highest BCUT2D eigenvalue weighted by atomic mass is 16.7. The molecule has 32 heavy (non-hydrogen) atoms. The molecule has 8 heteroatoms. The standard InChI is InChI=1S/C24H47NO7/c1-3-4-5-6-7-8-9-10-11-12-17(2)13-14-19(27)18(25)16-31-24-23(30)22(29)21(28)20(15-26)32-24/h13-14,17-24,26-30H,3-12,15-16,25H2,1-2H3/b14-13+/t17?,18-,19+,20?,21?,22?,23?,24?/m0/s1. The van der Waals surface area contributed by atoms with Crippen molar-refractivity contribution in [2.75, 3.05) is 13.2 Å². The van der Waals surface area contributed by atoms with E-state index in [0.717, 1.165) is 6.42 Å². The topological polar surface area (TPSA) is 146 Å². The Morgan fingerprint density at radius 3 is 2.09 bits per heavy atom. The van der Waals surface area contributed by atoms with Crippen molar-refractivity contribution in [2.45, 2.75) is 121 Å². The highest BCUT2D eigenvalue weighted by Crippen LogP contribution is 2.22. The first kappa shape index (κ1) is 29.5. The van der Waals surface area contributed by atoms with Gasteiger partial charge in [0.1, 0.15) is 24.4 Å². The molecule has 8 atom stereocenters. The molecule has 0 aromatic heterocycles. The predicted octanol–water partition coefficient (Wildman–Crippen LogP) is 1.60. The Kier molecular flexibility index (Phi) is 15.6. The lowest BCUT2D eigenvalue weighted by Crippen LogP contribution is -2.59. The van der Waals surface area contributed by atoms with Crippen LogP contribution in [0.25, 0.3) is 0 Å². The summed E-state index contributed by atoms with van der Waals surface area (Å²) < 4.78 is 10.7. The van der Waals surface area contributed by atoms with Gasteiger partial charge in [0, 0.05) is 0 Å². The SMILES string of the molecule is CCCCCCCCCCCC(C)/C=C/[C@@H](O)[C@@H](N)COC1OC(CO)C(O)C(O)C1O. The minimum Gasteiger partial charge on any atom is -0.394 e. The molecule has 0 aromatic carbocycles. The van der Waals surface area contributed by atoms with Gasteiger partial charge < -0.3 is 40.7 Å². The second-order valence-corrected chi connectivity index (χ2v) is 9.16. The molecule has 0 spiro atoms. The van der Waals surface area contributed by atoms with Crippen LogP contribution in [0.1, 0.15) is 78.1 Å². The first-order chi connectivity index (χ1) is 15.3. The number of aliphatic hydroxyl groups excluding tert-OH is 5. The van der Waals surface area contributed by atoms with E-state index in [-0.39, 0.29) is 6.61 Å². The molecule has 1 aliphatic rings. The van der Waals surface area contributed by atoms with Crippen molar-refractivity contribution in [1.29, 1.82) is 0 Å². The second kappa shape index (κ2) is 16.9. The Balaban J connectivity index is 2.22. The van der Waals surface area contributed by atoms with Gasteiger partial charge in [0.05, 0.1) is 25.4 Å². The number of ether oxygens (including phenoxy) is 2. The summed E-state index contributed by atoms with van der Waals surface area (Å²) in [6, 6.07) is -0.751. The van der Waals surface area contributed by atoms with Crippen LogP contribution >= 0.6 is 0 Å². The minimum absolute atomic E-state index is 0.124. The van der Waals surface area contributed by atoms with Crippen molar-refractivity contribution in [3.8, 4) is 0 Å². The molecule has 0 amide bonds. The molecule has 7 N–H and O–H groups in total. The third-order valence-electron chi connectivity index (χ3n) is 6.14. The normalized spacial score (nSPS) is 29.3. The summed E-state index contributed by atoms with van der Waals surface area (Å²) in [6.07, 6.45) is 8.73. The van der Waals surface area contributed by atoms with Crippen LogP contribution in [0.3, 0.4) is 0 Å². The fourth-order valence-corrected chi connectivity index (χ4v) is 3.83. The molecule has 1 saturated heterocycles. The molecule has 6 unspecified atom stereocenters. The van der Waals surface area contributed by atoms with E-state index in [1.54, 1.807) is 6.08 Å². The van der Waals surface area contributed by atoms with Crippen LogP contribution in [-0.4, -0.2) is 81.6 Å². The summed E-state index contributed by atoms with van der Waals surface area (Å²) in [7, 11) is 0. The Bertz CT molecular complexity index is 491. The first-order valence-corrected chi connectivity index (χ1v) is 12.4. The summed E-state index contributed by atoms with van der Waals surface area (Å²) in [5.74, 6) is 0.341. The second-order valence-electron chi connectivity index (χ2n) is 9.16. The maximum Gasteiger partial charge on any atom is 0.186 e. The maximum atomic E-state index is 10.3. The van der Waals surface area contributed by atoms with Crippen LogP contribution in [0, 0.1) is 5.92 Å². The predicted molar refractivity (Wildman–Crippen MR) is 124 cm³/mol. The van der Waals surface area contributed by atoms with Gasteiger partial charge >= 0.3 is 0 Å². The van der Waals surface area contributed by atoms with Crippen molar-refractivity contribution in [1.82, 2.24) is 0 Å². The molecule has 1 rings (SSSR count). The van der Waals surface area contributed by atoms with E-state index < -0.39 is 49.5 Å². The van der Waals surface area contributed by atoms with E-state index in [9.17, 15) is 25.5 Å². The van der Waals surface area contributed by atoms with Crippen molar-refractivity contribution in [3.05, 3.63) is 12.2 Å². The molecule has 1 heterocycles. The van der Waals surface area contributed by atoms with E-state index in [4.69, 9.17) is 15.2 Å². The summed E-state index contributed by atoms with van der Waals surface area (Å²) in [6.45, 7) is 3.70. The molecule has 190 valence electrons. The van der Waals surface area contributed by atoms with Crippen LogP contribution in [0.15, 0.2) is 12.2 Å². The lowest BCUT2D eigenvalue weighted by atomic mass is 9.99. The largest absolute Gasteiger partial charge is 0.394 e. The molecule has 0 aromatic rings. The highest BCUT2D eigenvalue weighted by molar-refractivity contribution is 4.96. The zero-order chi connectivity index (χ0) is 23.9. The summed E-state index contributed by atoms with van der Waals surface area (Å²) >= 11 is 0. The average Bonchev–Trinajstić information content (AvgIpc) is 2.79. The van der Waals surface area contributed by atoms with Gasteiger partial charge in [-0.1, -0.05) is 83.8 Å². The van der Waals surface area contributed by atoms with E-state index in [0.29, 0.717) is 5.92 Å². The van der Waals surface area contributed by atoms with Gasteiger partial charge in [0.15, 0.2) is 6.29 Å². The molecule has 0 saturated carbocycles. The first-order valence-electron chi connectivity index (χ1n) is 12.4. The lowest BCUT2D eigenvalue weighted by Gasteiger charge is -2.39. The Hall–Kier alpha value is -0.580. The lowest BCUT2D eigenvalue weighted by molar-refractivity contribution is -0.302. The Morgan fingerprint density at radius 2 is 1.50 bits per heavy atom. The summed E-state index contributed by atoms with van der Waals surface area (Å²) in [5.41, 5.74) is 5.97. The number of hydrogen-bond donors (Lipinski definition) is 6. The average molecular weight is 462 g/mol. The fraction of sp³-hybridized carbons (Fsp3) is 0.917. The highest BCUT2D eigenvalue weighted by Gasteiger charge is 2.44. The van der Waals surface area contributed by atoms with Gasteiger partial charge in [-0.2, -0.15) is 0 Å². The van der Waals surface area contributed by atoms with Gasteiger partial charge in [0.25, 0.3) is 0 Å². The van der Waals surface area contributed by atoms with Crippen LogP contribution < -0.4 is 5.73 Å². The van der Waals surface area contributed by atoms with Crippen LogP contribution in [0.2, 0.25) is 0 Å². The molecule has 0 aliphatic carbocycles. The zero-order valence-electron chi connectivity index (χ0n) is 19.9. The third kappa shape index (κ3) is 11.0. The third-order valence-corrected chi connectivity index (χ3v) is 6.14. The Labute approximate surface area is 193 Å². The van der Waals surface area contributed by atoms with E-state index >= 15 is 0 Å². The van der Waals surface area contributed by atoms with Crippen molar-refractivity contribution < 1.29 is 35.0 Å². The number of rotatable bonds is 17. The van der Waals surface area contributed by atoms with Gasteiger partial charge in [-0.25, -0.2) is 0 Å². The molecule has 1 aliphatic heterocycles. The molecule has 1 fully saturated rings. The molecular weight excluding hydrogens is 414 g/mol. The quantitative estimate of drug-likeness (QED) is 0.141. The van der Waals surface area contributed by atoms with E-state index in [1.807, 2.05) is 6.08 Å². The van der Waals surface area contributed by atoms with Gasteiger partial charge in [-0.15, -0.1) is 0 Å². The van der Waals surface area contributed by atoms with Crippen LogP contribution in [0.4, 0.5) is 0 Å². The van der Waals surface area contributed by atoms with Gasteiger partial charge in [-0.3, -0.25) is 0 Å². The van der Waals surface area contributed by atoms with Crippen molar-refractivity contribution in [2.24, 2.45) is 11.7 Å². The number of nitrogens with two attached hydrogens (primary N) is 1. The number of unbranched alkanes of at least 4 members (excludes halogenated alkanes) is 8. The number of allylic oxidation sites excluding steroid dienone is 1. The van der Waals surface area contributed by atoms with Gasteiger partial charge in [-0.05, 0) is 12.3 Å². The number of aliphatic hydroxyl groups is 5. The monoisotopic (exact) mass is 461 g/mol. The Morgan fingerprint density at radius 1 is 0.906 bits per heavy atom. The fourth-order valence-electron chi connectivity index (χ4n) is 3.83. The molecule has 0 radical (unpaired) electrons. The molecular formula is C24H47NO7. The maximum absolute atomic E-state index is 10.3. The van der Waals surface area contributed by atoms with Crippen molar-refractivity contribution in [3.63, 3.8) is 0 Å². The molecule has 8 nitrogen and oxygen atoms in total. The van der Waals surface area contributed by atoms with E-state index in [1.165, 1.54) is 57.8 Å². The minimum atomic E-state index is -1.51. The zero-order valence-corrected chi connectivity index (χ0v) is 19.9.